The standard InChI is InChI=1S/C10H14N2O3.2ClH/c1-10(12,9(14)15)5-6-2-3-7(11)8(13)4-6;;/h2-4,13H,5,11-12H2,1H3,(H,14,15);2*1H/t10-;;/m1../s1. The number of nitrogen functional groups attached to an aromatic ring is 1. The van der Waals surface area contributed by atoms with Crippen molar-refractivity contribution in [2.75, 3.05) is 5.73 Å². The fourth-order valence-electron chi connectivity index (χ4n) is 1.20. The first-order valence-electron chi connectivity index (χ1n) is 4.42. The summed E-state index contributed by atoms with van der Waals surface area (Å²) in [7, 11) is 0. The van der Waals surface area contributed by atoms with Crippen molar-refractivity contribution < 1.29 is 15.0 Å². The van der Waals surface area contributed by atoms with Crippen LogP contribution in [-0.4, -0.2) is 21.7 Å². The second-order valence-electron chi connectivity index (χ2n) is 3.79. The van der Waals surface area contributed by atoms with E-state index < -0.39 is 11.5 Å². The second-order valence-corrected chi connectivity index (χ2v) is 3.79. The quantitative estimate of drug-likeness (QED) is 0.491. The number of carboxylic acids is 1. The van der Waals surface area contributed by atoms with E-state index in [2.05, 4.69) is 0 Å². The molecule has 0 fully saturated rings. The fraction of sp³-hybridized carbons (Fsp3) is 0.300. The third-order valence-electron chi connectivity index (χ3n) is 2.15. The van der Waals surface area contributed by atoms with E-state index in [0.29, 0.717) is 5.56 Å². The molecular formula is C10H16Cl2N2O3. The first-order valence-corrected chi connectivity index (χ1v) is 4.42. The highest BCUT2D eigenvalue weighted by atomic mass is 35.5. The molecule has 0 aromatic heterocycles. The van der Waals surface area contributed by atoms with Crippen LogP contribution in [0.4, 0.5) is 5.69 Å². The highest BCUT2D eigenvalue weighted by Gasteiger charge is 2.28. The monoisotopic (exact) mass is 282 g/mol. The maximum atomic E-state index is 10.8. The predicted octanol–water partition coefficient (Wildman–Crippen LogP) is 1.16. The van der Waals surface area contributed by atoms with Crippen molar-refractivity contribution in [2.45, 2.75) is 18.9 Å². The highest BCUT2D eigenvalue weighted by Crippen LogP contribution is 2.22. The van der Waals surface area contributed by atoms with Gasteiger partial charge in [0, 0.05) is 6.42 Å². The summed E-state index contributed by atoms with van der Waals surface area (Å²) in [6.07, 6.45) is 0.135. The molecule has 0 spiro atoms. The van der Waals surface area contributed by atoms with Crippen LogP contribution in [0.3, 0.4) is 0 Å². The number of hydrogen-bond donors (Lipinski definition) is 4. The van der Waals surface area contributed by atoms with Crippen LogP contribution in [0.15, 0.2) is 18.2 Å². The average Bonchev–Trinajstić information content (AvgIpc) is 2.10. The predicted molar refractivity (Wildman–Crippen MR) is 70.9 cm³/mol. The lowest BCUT2D eigenvalue weighted by atomic mass is 9.94. The van der Waals surface area contributed by atoms with Crippen LogP contribution in [-0.2, 0) is 11.2 Å². The van der Waals surface area contributed by atoms with Gasteiger partial charge in [-0.1, -0.05) is 6.07 Å². The number of nitrogens with two attached hydrogens (primary N) is 2. The van der Waals surface area contributed by atoms with Crippen molar-refractivity contribution in [3.63, 3.8) is 0 Å². The minimum atomic E-state index is -1.34. The number of benzene rings is 1. The van der Waals surface area contributed by atoms with Crippen molar-refractivity contribution in [1.29, 1.82) is 0 Å². The van der Waals surface area contributed by atoms with Crippen molar-refractivity contribution in [3.05, 3.63) is 23.8 Å². The molecule has 0 aliphatic carbocycles. The summed E-state index contributed by atoms with van der Waals surface area (Å²) in [6, 6.07) is 4.58. The van der Waals surface area contributed by atoms with Gasteiger partial charge in [-0.05, 0) is 24.6 Å². The molecule has 5 nitrogen and oxygen atoms in total. The Balaban J connectivity index is 0. The maximum absolute atomic E-state index is 10.8. The number of phenolic OH excluding ortho intramolecular Hbond substituents is 1. The van der Waals surface area contributed by atoms with Crippen LogP contribution in [0, 0.1) is 0 Å². The third-order valence-corrected chi connectivity index (χ3v) is 2.15. The summed E-state index contributed by atoms with van der Waals surface area (Å²) in [5.74, 6) is -1.15. The van der Waals surface area contributed by atoms with Crippen LogP contribution >= 0.6 is 24.8 Å². The number of halogens is 2. The Hall–Kier alpha value is -1.17. The number of hydrogen-bond acceptors (Lipinski definition) is 4. The Kier molecular flexibility index (Phi) is 7.00. The zero-order valence-corrected chi connectivity index (χ0v) is 10.8. The Labute approximate surface area is 112 Å². The van der Waals surface area contributed by atoms with E-state index in [4.69, 9.17) is 16.6 Å². The molecule has 0 aliphatic heterocycles. The third kappa shape index (κ3) is 4.68. The molecule has 1 aromatic rings. The molecule has 0 heterocycles. The van der Waals surface area contributed by atoms with E-state index in [1.807, 2.05) is 0 Å². The Morgan fingerprint density at radius 3 is 2.35 bits per heavy atom. The molecule has 1 atom stereocenters. The van der Waals surface area contributed by atoms with Gasteiger partial charge in [0.2, 0.25) is 0 Å². The van der Waals surface area contributed by atoms with Crippen molar-refractivity contribution >= 4 is 36.5 Å². The molecule has 0 radical (unpaired) electrons. The molecule has 17 heavy (non-hydrogen) atoms. The van der Waals surface area contributed by atoms with E-state index in [-0.39, 0.29) is 42.7 Å². The SMILES string of the molecule is C[C@@](N)(Cc1ccc(N)c(O)c1)C(=O)O.Cl.Cl. The largest absolute Gasteiger partial charge is 0.506 e. The maximum Gasteiger partial charge on any atom is 0.323 e. The Morgan fingerprint density at radius 2 is 1.94 bits per heavy atom. The summed E-state index contributed by atoms with van der Waals surface area (Å²) in [4.78, 5) is 10.8. The number of aromatic hydroxyl groups is 1. The van der Waals surface area contributed by atoms with E-state index in [9.17, 15) is 9.90 Å². The zero-order chi connectivity index (χ0) is 11.6. The highest BCUT2D eigenvalue weighted by molar-refractivity contribution is 5.85. The van der Waals surface area contributed by atoms with Gasteiger partial charge >= 0.3 is 5.97 Å². The lowest BCUT2D eigenvalue weighted by Crippen LogP contribution is -2.46. The fourth-order valence-corrected chi connectivity index (χ4v) is 1.20. The van der Waals surface area contributed by atoms with Crippen LogP contribution in [0.1, 0.15) is 12.5 Å². The summed E-state index contributed by atoms with van der Waals surface area (Å²) in [5.41, 5.74) is 10.5. The first kappa shape index (κ1) is 18.2. The number of rotatable bonds is 3. The van der Waals surface area contributed by atoms with Crippen LogP contribution < -0.4 is 11.5 Å². The van der Waals surface area contributed by atoms with Gasteiger partial charge in [-0.15, -0.1) is 24.8 Å². The van der Waals surface area contributed by atoms with Crippen molar-refractivity contribution in [1.82, 2.24) is 0 Å². The van der Waals surface area contributed by atoms with Crippen molar-refractivity contribution in [3.8, 4) is 5.75 Å². The minimum Gasteiger partial charge on any atom is -0.506 e. The van der Waals surface area contributed by atoms with Gasteiger partial charge in [-0.3, -0.25) is 4.79 Å². The van der Waals surface area contributed by atoms with Crippen LogP contribution in [0.5, 0.6) is 5.75 Å². The van der Waals surface area contributed by atoms with Gasteiger partial charge < -0.3 is 21.7 Å². The molecule has 0 bridgehead atoms. The second kappa shape index (κ2) is 6.54. The smallest absolute Gasteiger partial charge is 0.323 e. The first-order chi connectivity index (χ1) is 6.83. The zero-order valence-electron chi connectivity index (χ0n) is 9.21. The summed E-state index contributed by atoms with van der Waals surface area (Å²) >= 11 is 0. The average molecular weight is 283 g/mol. The van der Waals surface area contributed by atoms with Gasteiger partial charge in [0.25, 0.3) is 0 Å². The van der Waals surface area contributed by atoms with Gasteiger partial charge in [-0.25, -0.2) is 0 Å². The lowest BCUT2D eigenvalue weighted by Gasteiger charge is -2.19. The number of carbonyl (C=O) groups is 1. The molecule has 0 saturated heterocycles. The number of aliphatic carboxylic acids is 1. The molecule has 0 amide bonds. The van der Waals surface area contributed by atoms with Crippen molar-refractivity contribution in [2.24, 2.45) is 5.73 Å². The van der Waals surface area contributed by atoms with E-state index in [0.717, 1.165) is 0 Å². The molecule has 7 heteroatoms. The summed E-state index contributed by atoms with van der Waals surface area (Å²) in [6.45, 7) is 1.42. The molecule has 1 aromatic carbocycles. The van der Waals surface area contributed by atoms with E-state index in [1.165, 1.54) is 19.1 Å². The molecule has 1 rings (SSSR count). The topological polar surface area (TPSA) is 110 Å². The number of carboxylic acid groups (broad SMARTS) is 1. The van der Waals surface area contributed by atoms with Gasteiger partial charge in [0.15, 0.2) is 0 Å². The molecule has 6 N–H and O–H groups in total. The van der Waals surface area contributed by atoms with E-state index in [1.54, 1.807) is 6.07 Å². The Bertz CT molecular complexity index is 397. The molecular weight excluding hydrogens is 267 g/mol. The van der Waals surface area contributed by atoms with Gasteiger partial charge in [0.1, 0.15) is 11.3 Å². The number of phenols is 1. The summed E-state index contributed by atoms with van der Waals surface area (Å²) < 4.78 is 0. The minimum absolute atomic E-state index is 0. The van der Waals surface area contributed by atoms with Crippen LogP contribution in [0.2, 0.25) is 0 Å². The lowest BCUT2D eigenvalue weighted by molar-refractivity contribution is -0.142. The van der Waals surface area contributed by atoms with Gasteiger partial charge in [0.05, 0.1) is 5.69 Å². The molecule has 0 unspecified atom stereocenters. The molecule has 0 saturated carbocycles. The molecule has 0 aliphatic rings. The van der Waals surface area contributed by atoms with E-state index >= 15 is 0 Å². The van der Waals surface area contributed by atoms with Crippen LogP contribution in [0.25, 0.3) is 0 Å². The summed E-state index contributed by atoms with van der Waals surface area (Å²) in [5, 5.41) is 18.1. The normalized spacial score (nSPS) is 12.8. The molecule has 98 valence electrons. The van der Waals surface area contributed by atoms with Gasteiger partial charge in [-0.2, -0.15) is 0 Å². The Morgan fingerprint density at radius 1 is 1.41 bits per heavy atom. The number of anilines is 1.